The lowest BCUT2D eigenvalue weighted by atomic mass is 9.81. The number of halogens is 3. The number of benzene rings is 2. The third-order valence-corrected chi connectivity index (χ3v) is 7.23. The van der Waals surface area contributed by atoms with Crippen LogP contribution >= 0.6 is 34.8 Å². The molecule has 3 amide bonds. The second kappa shape index (κ2) is 10.9. The van der Waals surface area contributed by atoms with Crippen molar-refractivity contribution >= 4 is 69.2 Å². The Morgan fingerprint density at radius 3 is 2.31 bits per heavy atom. The maximum absolute atomic E-state index is 13.4. The molecule has 1 atom stereocenters. The molecule has 36 heavy (non-hydrogen) atoms. The highest BCUT2D eigenvalue weighted by molar-refractivity contribution is 6.37. The van der Waals surface area contributed by atoms with E-state index in [0.29, 0.717) is 30.7 Å². The van der Waals surface area contributed by atoms with Gasteiger partial charge in [0.05, 0.1) is 27.4 Å². The molecule has 0 spiro atoms. The first-order valence-corrected chi connectivity index (χ1v) is 12.6. The second-order valence-electron chi connectivity index (χ2n) is 8.78. The summed E-state index contributed by atoms with van der Waals surface area (Å²) in [4.78, 5) is 38.5. The van der Waals surface area contributed by atoms with Gasteiger partial charge >= 0.3 is 12.0 Å². The molecule has 7 nitrogen and oxygen atoms in total. The Labute approximate surface area is 223 Å². The van der Waals surface area contributed by atoms with Gasteiger partial charge in [-0.3, -0.25) is 4.79 Å². The minimum Gasteiger partial charge on any atom is -0.480 e. The molecule has 0 heterocycles. The number of alkyl halides is 1. The van der Waals surface area contributed by atoms with Crippen molar-refractivity contribution in [2.24, 2.45) is 0 Å². The third-order valence-electron chi connectivity index (χ3n) is 6.32. The summed E-state index contributed by atoms with van der Waals surface area (Å²) in [5.74, 6) is -1.65. The average molecular weight is 549 g/mol. The summed E-state index contributed by atoms with van der Waals surface area (Å²) in [6.07, 6.45) is 7.64. The van der Waals surface area contributed by atoms with Gasteiger partial charge in [0.1, 0.15) is 5.54 Å². The van der Waals surface area contributed by atoms with Crippen molar-refractivity contribution in [2.75, 3.05) is 5.32 Å². The molecule has 1 unspecified atom stereocenters. The number of nitrogens with one attached hydrogen (secondary N) is 3. The Balaban J connectivity index is 1.65. The Morgan fingerprint density at radius 1 is 0.972 bits per heavy atom. The summed E-state index contributed by atoms with van der Waals surface area (Å²) >= 11 is 18.6. The standard InChI is InChI=1S/C26H24Cl3N3O4/c27-17-8-9-19(28)22(20(29)14-17)31-25(36)30-21-13-16-7-3-2-6-15(16)12-18(21)23(33)32-26(24(34)35)10-4-1-5-11-26/h2-3,6-9,12-14,19H,1,4-5,10-11H2,(H,32,33)(H,34,35)(H2,30,31,36). The molecule has 0 bridgehead atoms. The van der Waals surface area contributed by atoms with Gasteiger partial charge in [-0.2, -0.15) is 0 Å². The second-order valence-corrected chi connectivity index (χ2v) is 10.1. The van der Waals surface area contributed by atoms with Crippen molar-refractivity contribution in [3.63, 3.8) is 0 Å². The topological polar surface area (TPSA) is 108 Å². The van der Waals surface area contributed by atoms with Gasteiger partial charge in [-0.15, -0.1) is 11.6 Å². The molecule has 0 aromatic heterocycles. The molecule has 4 rings (SSSR count). The number of amides is 3. The zero-order valence-corrected chi connectivity index (χ0v) is 21.4. The fourth-order valence-electron chi connectivity index (χ4n) is 4.42. The van der Waals surface area contributed by atoms with Gasteiger partial charge in [-0.1, -0.05) is 72.8 Å². The van der Waals surface area contributed by atoms with E-state index in [1.165, 1.54) is 6.08 Å². The number of carboxylic acid groups (broad SMARTS) is 1. The number of allylic oxidation sites excluding steroid dienone is 5. The smallest absolute Gasteiger partial charge is 0.329 e. The van der Waals surface area contributed by atoms with Crippen molar-refractivity contribution in [1.82, 2.24) is 10.6 Å². The zero-order valence-electron chi connectivity index (χ0n) is 19.1. The number of carboxylic acids is 1. The van der Waals surface area contributed by atoms with Crippen LogP contribution in [0.3, 0.4) is 0 Å². The lowest BCUT2D eigenvalue weighted by Crippen LogP contribution is -2.55. The summed E-state index contributed by atoms with van der Waals surface area (Å²) < 4.78 is 0. The highest BCUT2D eigenvalue weighted by Crippen LogP contribution is 2.31. The zero-order chi connectivity index (χ0) is 25.9. The predicted molar refractivity (Wildman–Crippen MR) is 143 cm³/mol. The third kappa shape index (κ3) is 5.69. The number of hydrogen-bond acceptors (Lipinski definition) is 3. The first-order chi connectivity index (χ1) is 17.2. The lowest BCUT2D eigenvalue weighted by Gasteiger charge is -2.34. The number of rotatable bonds is 5. The van der Waals surface area contributed by atoms with E-state index >= 15 is 0 Å². The van der Waals surface area contributed by atoms with Gasteiger partial charge in [-0.25, -0.2) is 9.59 Å². The van der Waals surface area contributed by atoms with E-state index < -0.39 is 28.8 Å². The summed E-state index contributed by atoms with van der Waals surface area (Å²) in [6, 6.07) is 9.96. The SMILES string of the molecule is O=C(NC1=C(Cl)C=C(Cl)C=CC1Cl)Nc1cc2ccccc2cc1C(=O)NC1(C(=O)O)CCCCC1. The van der Waals surface area contributed by atoms with Gasteiger partial charge in [0.2, 0.25) is 0 Å². The first-order valence-electron chi connectivity index (χ1n) is 11.4. The van der Waals surface area contributed by atoms with Crippen molar-refractivity contribution in [1.29, 1.82) is 0 Å². The van der Waals surface area contributed by atoms with E-state index in [1.54, 1.807) is 24.3 Å². The summed E-state index contributed by atoms with van der Waals surface area (Å²) in [7, 11) is 0. The highest BCUT2D eigenvalue weighted by Gasteiger charge is 2.41. The fourth-order valence-corrected chi connectivity index (χ4v) is 5.24. The number of fused-ring (bicyclic) bond motifs is 1. The quantitative estimate of drug-likeness (QED) is 0.332. The maximum atomic E-state index is 13.4. The molecule has 2 aliphatic rings. The Kier molecular flexibility index (Phi) is 7.93. The van der Waals surface area contributed by atoms with Crippen molar-refractivity contribution in [2.45, 2.75) is 43.0 Å². The summed E-state index contributed by atoms with van der Waals surface area (Å²) in [6.45, 7) is 0. The molecule has 1 saturated carbocycles. The Bertz CT molecular complexity index is 1310. The maximum Gasteiger partial charge on any atom is 0.329 e. The van der Waals surface area contributed by atoms with E-state index in [-0.39, 0.29) is 22.0 Å². The minimum atomic E-state index is -1.34. The first kappa shape index (κ1) is 26.1. The largest absolute Gasteiger partial charge is 0.480 e. The molecular formula is C26H24Cl3N3O4. The van der Waals surface area contributed by atoms with Crippen LogP contribution < -0.4 is 16.0 Å². The average Bonchev–Trinajstić information content (AvgIpc) is 2.96. The van der Waals surface area contributed by atoms with Crippen molar-refractivity contribution in [3.05, 3.63) is 76.0 Å². The van der Waals surface area contributed by atoms with Crippen LogP contribution in [0.2, 0.25) is 0 Å². The lowest BCUT2D eigenvalue weighted by molar-refractivity contribution is -0.145. The molecule has 10 heteroatoms. The minimum absolute atomic E-state index is 0.140. The van der Waals surface area contributed by atoms with Crippen LogP contribution in [-0.4, -0.2) is 33.9 Å². The van der Waals surface area contributed by atoms with E-state index in [4.69, 9.17) is 34.8 Å². The van der Waals surface area contributed by atoms with Gasteiger partial charge in [0.15, 0.2) is 0 Å². The van der Waals surface area contributed by atoms with E-state index in [1.807, 2.05) is 24.3 Å². The molecular weight excluding hydrogens is 525 g/mol. The molecule has 2 aromatic carbocycles. The molecule has 188 valence electrons. The van der Waals surface area contributed by atoms with Crippen LogP contribution in [0.4, 0.5) is 10.5 Å². The Morgan fingerprint density at radius 2 is 1.64 bits per heavy atom. The van der Waals surface area contributed by atoms with E-state index in [2.05, 4.69) is 16.0 Å². The van der Waals surface area contributed by atoms with Gasteiger partial charge in [0.25, 0.3) is 5.91 Å². The molecule has 2 aliphatic carbocycles. The van der Waals surface area contributed by atoms with Crippen LogP contribution in [0.5, 0.6) is 0 Å². The van der Waals surface area contributed by atoms with Gasteiger partial charge in [-0.05, 0) is 47.9 Å². The summed E-state index contributed by atoms with van der Waals surface area (Å²) in [5.41, 5.74) is -0.772. The van der Waals surface area contributed by atoms with Crippen LogP contribution in [0.1, 0.15) is 42.5 Å². The number of urea groups is 1. The Hall–Kier alpha value is -3.00. The number of carbonyl (C=O) groups is 3. The van der Waals surface area contributed by atoms with Gasteiger partial charge < -0.3 is 21.1 Å². The molecule has 1 fully saturated rings. The predicted octanol–water partition coefficient (Wildman–Crippen LogP) is 6.23. The van der Waals surface area contributed by atoms with Crippen LogP contribution in [0, 0.1) is 0 Å². The summed E-state index contributed by atoms with van der Waals surface area (Å²) in [5, 5.41) is 19.3. The molecule has 2 aromatic rings. The van der Waals surface area contributed by atoms with Crippen LogP contribution in [-0.2, 0) is 4.79 Å². The number of hydrogen-bond donors (Lipinski definition) is 4. The van der Waals surface area contributed by atoms with Crippen LogP contribution in [0.25, 0.3) is 10.8 Å². The number of anilines is 1. The highest BCUT2D eigenvalue weighted by atomic mass is 35.5. The monoisotopic (exact) mass is 547 g/mol. The van der Waals surface area contributed by atoms with E-state index in [0.717, 1.165) is 17.2 Å². The van der Waals surface area contributed by atoms with Crippen LogP contribution in [0.15, 0.2) is 70.4 Å². The molecule has 0 radical (unpaired) electrons. The van der Waals surface area contributed by atoms with Crippen molar-refractivity contribution in [3.8, 4) is 0 Å². The molecule has 0 aliphatic heterocycles. The van der Waals surface area contributed by atoms with Gasteiger partial charge in [0, 0.05) is 5.03 Å². The number of aliphatic carboxylic acids is 1. The molecule has 0 saturated heterocycles. The van der Waals surface area contributed by atoms with E-state index in [9.17, 15) is 19.5 Å². The molecule has 4 N–H and O–H groups in total. The number of carbonyl (C=O) groups excluding carboxylic acids is 2. The fraction of sp³-hybridized carbons (Fsp3) is 0.269. The van der Waals surface area contributed by atoms with Crippen molar-refractivity contribution < 1.29 is 19.5 Å². The normalized spacial score (nSPS) is 19.3.